The number of hydrogen-bond acceptors (Lipinski definition) is 4. The highest BCUT2D eigenvalue weighted by Gasteiger charge is 2.31. The first kappa shape index (κ1) is 19.5. The third-order valence-electron chi connectivity index (χ3n) is 4.17. The quantitative estimate of drug-likeness (QED) is 0.761. The molecule has 3 rings (SSSR count). The maximum absolute atomic E-state index is 13.0. The van der Waals surface area contributed by atoms with Crippen molar-refractivity contribution in [1.29, 1.82) is 0 Å². The first-order valence-corrected chi connectivity index (χ1v) is 10.5. The van der Waals surface area contributed by atoms with Gasteiger partial charge < -0.3 is 9.64 Å². The molecule has 0 saturated carbocycles. The van der Waals surface area contributed by atoms with Gasteiger partial charge in [0.05, 0.1) is 11.8 Å². The molecule has 1 aliphatic heterocycles. The van der Waals surface area contributed by atoms with Crippen LogP contribution in [0, 0.1) is 13.8 Å². The standard InChI is InChI=1S/C20H20ClNO4S/c1-14-9-15(2)11-18(10-14)22(17-7-8-27(24,25)13-17)20(23)12-26-19-5-3-16(21)4-6-19/h3-11,17H,12-13H2,1-2H3. The van der Waals surface area contributed by atoms with Crippen molar-refractivity contribution in [2.24, 2.45) is 0 Å². The maximum Gasteiger partial charge on any atom is 0.265 e. The first-order valence-electron chi connectivity index (χ1n) is 8.43. The Kier molecular flexibility index (Phi) is 5.58. The molecule has 1 heterocycles. The average Bonchev–Trinajstić information content (AvgIpc) is 2.93. The van der Waals surface area contributed by atoms with Crippen molar-refractivity contribution < 1.29 is 17.9 Å². The Morgan fingerprint density at radius 1 is 1.15 bits per heavy atom. The van der Waals surface area contributed by atoms with Crippen molar-refractivity contribution in [1.82, 2.24) is 0 Å². The fourth-order valence-electron chi connectivity index (χ4n) is 3.08. The molecule has 0 bridgehead atoms. The number of ether oxygens (including phenoxy) is 1. The minimum atomic E-state index is -3.30. The van der Waals surface area contributed by atoms with E-state index in [-0.39, 0.29) is 18.3 Å². The van der Waals surface area contributed by atoms with E-state index in [0.717, 1.165) is 11.1 Å². The van der Waals surface area contributed by atoms with Crippen LogP contribution < -0.4 is 9.64 Å². The van der Waals surface area contributed by atoms with E-state index in [1.165, 1.54) is 10.3 Å². The highest BCUT2D eigenvalue weighted by Crippen LogP contribution is 2.26. The van der Waals surface area contributed by atoms with E-state index >= 15 is 0 Å². The zero-order valence-electron chi connectivity index (χ0n) is 15.1. The van der Waals surface area contributed by atoms with Crippen LogP contribution in [0.1, 0.15) is 11.1 Å². The summed E-state index contributed by atoms with van der Waals surface area (Å²) in [5.41, 5.74) is 2.64. The molecule has 27 heavy (non-hydrogen) atoms. The third-order valence-corrected chi connectivity index (χ3v) is 5.80. The summed E-state index contributed by atoms with van der Waals surface area (Å²) >= 11 is 5.85. The second kappa shape index (κ2) is 7.74. The van der Waals surface area contributed by atoms with Crippen LogP contribution >= 0.6 is 11.6 Å². The highest BCUT2D eigenvalue weighted by atomic mass is 35.5. The van der Waals surface area contributed by atoms with E-state index in [2.05, 4.69) is 0 Å². The number of carbonyl (C=O) groups is 1. The van der Waals surface area contributed by atoms with Gasteiger partial charge in [-0.15, -0.1) is 0 Å². The Bertz CT molecular complexity index is 963. The van der Waals surface area contributed by atoms with Gasteiger partial charge in [0.25, 0.3) is 5.91 Å². The summed E-state index contributed by atoms with van der Waals surface area (Å²) in [7, 11) is -3.30. The fraction of sp³-hybridized carbons (Fsp3) is 0.250. The number of benzene rings is 2. The third kappa shape index (κ3) is 4.90. The van der Waals surface area contributed by atoms with E-state index in [9.17, 15) is 13.2 Å². The number of sulfone groups is 1. The highest BCUT2D eigenvalue weighted by molar-refractivity contribution is 7.94. The Balaban J connectivity index is 1.85. The molecular formula is C20H20ClNO4S. The number of amides is 1. The first-order chi connectivity index (χ1) is 12.7. The second-order valence-electron chi connectivity index (χ2n) is 6.58. The van der Waals surface area contributed by atoms with Crippen molar-refractivity contribution in [3.63, 3.8) is 0 Å². The summed E-state index contributed by atoms with van der Waals surface area (Å²) in [6.07, 6.45) is 1.55. The zero-order chi connectivity index (χ0) is 19.6. The molecule has 1 aliphatic rings. The van der Waals surface area contributed by atoms with Gasteiger partial charge in [-0.05, 0) is 67.4 Å². The van der Waals surface area contributed by atoms with Crippen LogP contribution in [0.15, 0.2) is 53.9 Å². The monoisotopic (exact) mass is 405 g/mol. The molecule has 5 nitrogen and oxygen atoms in total. The number of carbonyl (C=O) groups excluding carboxylic acids is 1. The second-order valence-corrected chi connectivity index (χ2v) is 8.95. The number of hydrogen-bond donors (Lipinski definition) is 0. The lowest BCUT2D eigenvalue weighted by Gasteiger charge is -2.28. The van der Waals surface area contributed by atoms with Crippen molar-refractivity contribution in [3.8, 4) is 5.75 Å². The minimum Gasteiger partial charge on any atom is -0.484 e. The van der Waals surface area contributed by atoms with Gasteiger partial charge in [0.15, 0.2) is 16.4 Å². The number of anilines is 1. The molecule has 0 radical (unpaired) electrons. The van der Waals surface area contributed by atoms with E-state index in [4.69, 9.17) is 16.3 Å². The topological polar surface area (TPSA) is 63.7 Å². The largest absolute Gasteiger partial charge is 0.484 e. The van der Waals surface area contributed by atoms with Gasteiger partial charge in [-0.1, -0.05) is 17.7 Å². The Morgan fingerprint density at radius 2 is 1.78 bits per heavy atom. The predicted molar refractivity (Wildman–Crippen MR) is 107 cm³/mol. The normalized spacial score (nSPS) is 17.7. The Hall–Kier alpha value is -2.31. The van der Waals surface area contributed by atoms with Crippen LogP contribution in [-0.2, 0) is 14.6 Å². The number of aryl methyl sites for hydroxylation is 2. The molecule has 1 amide bonds. The molecule has 0 saturated heterocycles. The molecule has 0 fully saturated rings. The lowest BCUT2D eigenvalue weighted by Crippen LogP contribution is -2.43. The minimum absolute atomic E-state index is 0.132. The number of halogens is 1. The molecule has 0 aliphatic carbocycles. The van der Waals surface area contributed by atoms with Gasteiger partial charge in [0.2, 0.25) is 0 Å². The number of nitrogens with zero attached hydrogens (tertiary/aromatic N) is 1. The maximum atomic E-state index is 13.0. The van der Waals surface area contributed by atoms with E-state index in [1.807, 2.05) is 32.0 Å². The summed E-state index contributed by atoms with van der Waals surface area (Å²) in [4.78, 5) is 14.4. The molecule has 7 heteroatoms. The van der Waals surface area contributed by atoms with Crippen LogP contribution in [0.2, 0.25) is 5.02 Å². The van der Waals surface area contributed by atoms with E-state index in [0.29, 0.717) is 16.5 Å². The van der Waals surface area contributed by atoms with Crippen molar-refractivity contribution in [2.75, 3.05) is 17.3 Å². The summed E-state index contributed by atoms with van der Waals surface area (Å²) in [5, 5.41) is 1.74. The Labute approximate surface area is 164 Å². The van der Waals surface area contributed by atoms with Crippen LogP contribution in [0.5, 0.6) is 5.75 Å². The molecule has 1 unspecified atom stereocenters. The summed E-state index contributed by atoms with van der Waals surface area (Å²) in [5.74, 6) is 0.0663. The summed E-state index contributed by atoms with van der Waals surface area (Å²) < 4.78 is 29.3. The molecule has 2 aromatic carbocycles. The molecule has 2 aromatic rings. The van der Waals surface area contributed by atoms with Crippen LogP contribution in [-0.4, -0.2) is 32.7 Å². The number of rotatable bonds is 5. The molecular weight excluding hydrogens is 386 g/mol. The van der Waals surface area contributed by atoms with Gasteiger partial charge in [0.1, 0.15) is 5.75 Å². The van der Waals surface area contributed by atoms with Crippen LogP contribution in [0.25, 0.3) is 0 Å². The van der Waals surface area contributed by atoms with Crippen molar-refractivity contribution in [2.45, 2.75) is 19.9 Å². The van der Waals surface area contributed by atoms with Crippen molar-refractivity contribution in [3.05, 3.63) is 70.1 Å². The molecule has 0 spiro atoms. The SMILES string of the molecule is Cc1cc(C)cc(N(C(=O)COc2ccc(Cl)cc2)C2C=CS(=O)(=O)C2)c1. The molecule has 0 aromatic heterocycles. The Morgan fingerprint density at radius 3 is 2.33 bits per heavy atom. The van der Waals surface area contributed by atoms with E-state index < -0.39 is 15.9 Å². The molecule has 1 atom stereocenters. The van der Waals surface area contributed by atoms with Gasteiger partial charge in [-0.3, -0.25) is 4.79 Å². The lowest BCUT2D eigenvalue weighted by molar-refractivity contribution is -0.120. The smallest absolute Gasteiger partial charge is 0.265 e. The molecule has 142 valence electrons. The van der Waals surface area contributed by atoms with Gasteiger partial charge >= 0.3 is 0 Å². The van der Waals surface area contributed by atoms with Crippen LogP contribution in [0.3, 0.4) is 0 Å². The van der Waals surface area contributed by atoms with Gasteiger partial charge in [0, 0.05) is 16.1 Å². The van der Waals surface area contributed by atoms with E-state index in [1.54, 1.807) is 30.3 Å². The lowest BCUT2D eigenvalue weighted by atomic mass is 10.1. The van der Waals surface area contributed by atoms with Crippen LogP contribution in [0.4, 0.5) is 5.69 Å². The predicted octanol–water partition coefficient (Wildman–Crippen LogP) is 3.68. The summed E-state index contributed by atoms with van der Waals surface area (Å²) in [6, 6.07) is 11.9. The molecule has 0 N–H and O–H groups in total. The van der Waals surface area contributed by atoms with Crippen molar-refractivity contribution >= 4 is 33.0 Å². The summed E-state index contributed by atoms with van der Waals surface area (Å²) in [6.45, 7) is 3.66. The average molecular weight is 406 g/mol. The van der Waals surface area contributed by atoms with Gasteiger partial charge in [-0.2, -0.15) is 0 Å². The van der Waals surface area contributed by atoms with Gasteiger partial charge in [-0.25, -0.2) is 8.42 Å². The zero-order valence-corrected chi connectivity index (χ0v) is 16.6. The fourth-order valence-corrected chi connectivity index (χ4v) is 4.47.